The van der Waals surface area contributed by atoms with Crippen molar-refractivity contribution in [3.63, 3.8) is 0 Å². The summed E-state index contributed by atoms with van der Waals surface area (Å²) in [4.78, 5) is 29.0. The molecule has 3 aromatic rings. The van der Waals surface area contributed by atoms with E-state index in [1.165, 1.54) is 16.3 Å². The molecular formula is C21H20ClN3O2S. The summed E-state index contributed by atoms with van der Waals surface area (Å²) >= 11 is 7.11. The van der Waals surface area contributed by atoms with Crippen molar-refractivity contribution in [2.75, 3.05) is 11.1 Å². The zero-order valence-corrected chi connectivity index (χ0v) is 17.1. The van der Waals surface area contributed by atoms with Crippen molar-refractivity contribution in [3.8, 4) is 5.69 Å². The zero-order chi connectivity index (χ0) is 20.1. The van der Waals surface area contributed by atoms with E-state index in [0.29, 0.717) is 16.6 Å². The highest BCUT2D eigenvalue weighted by Gasteiger charge is 2.11. The predicted octanol–water partition coefficient (Wildman–Crippen LogP) is 4.74. The van der Waals surface area contributed by atoms with Crippen molar-refractivity contribution in [2.45, 2.75) is 24.8 Å². The van der Waals surface area contributed by atoms with E-state index < -0.39 is 0 Å². The van der Waals surface area contributed by atoms with Gasteiger partial charge in [-0.05, 0) is 41.8 Å². The number of thioether (sulfide) groups is 1. The van der Waals surface area contributed by atoms with E-state index in [2.05, 4.69) is 24.1 Å². The van der Waals surface area contributed by atoms with Crippen LogP contribution in [0, 0.1) is 0 Å². The van der Waals surface area contributed by atoms with Gasteiger partial charge in [-0.3, -0.25) is 14.2 Å². The Balaban J connectivity index is 1.66. The minimum atomic E-state index is -0.288. The lowest BCUT2D eigenvalue weighted by molar-refractivity contribution is -0.113. The molecular weight excluding hydrogens is 394 g/mol. The van der Waals surface area contributed by atoms with Crippen molar-refractivity contribution in [1.82, 2.24) is 9.55 Å². The average molecular weight is 414 g/mol. The Hall–Kier alpha value is -2.57. The minimum absolute atomic E-state index is 0.0910. The smallest absolute Gasteiger partial charge is 0.287 e. The first kappa shape index (κ1) is 20.2. The third-order valence-electron chi connectivity index (χ3n) is 4.10. The fourth-order valence-electron chi connectivity index (χ4n) is 2.60. The number of hydrogen-bond donors (Lipinski definition) is 1. The van der Waals surface area contributed by atoms with E-state index in [0.717, 1.165) is 17.4 Å². The first-order valence-corrected chi connectivity index (χ1v) is 10.2. The number of anilines is 1. The molecule has 7 heteroatoms. The number of hydrogen-bond acceptors (Lipinski definition) is 4. The molecule has 1 amide bonds. The molecule has 0 bridgehead atoms. The van der Waals surface area contributed by atoms with Crippen molar-refractivity contribution in [2.24, 2.45) is 0 Å². The molecule has 0 aliphatic carbocycles. The summed E-state index contributed by atoms with van der Waals surface area (Å²) in [6.45, 7) is 4.24. The summed E-state index contributed by atoms with van der Waals surface area (Å²) in [6, 6.07) is 14.8. The van der Waals surface area contributed by atoms with Gasteiger partial charge in [-0.2, -0.15) is 0 Å². The Morgan fingerprint density at radius 3 is 2.64 bits per heavy atom. The second kappa shape index (κ2) is 9.08. The predicted molar refractivity (Wildman–Crippen MR) is 115 cm³/mol. The largest absolute Gasteiger partial charge is 0.325 e. The fraction of sp³-hybridized carbons (Fsp3) is 0.190. The number of nitrogens with one attached hydrogen (secondary N) is 1. The van der Waals surface area contributed by atoms with E-state index in [-0.39, 0.29) is 22.2 Å². The molecule has 1 heterocycles. The molecule has 1 aromatic heterocycles. The van der Waals surface area contributed by atoms with Crippen LogP contribution in [0.25, 0.3) is 5.69 Å². The number of carbonyl (C=O) groups is 1. The Bertz CT molecular complexity index is 1030. The van der Waals surface area contributed by atoms with Gasteiger partial charge >= 0.3 is 0 Å². The molecule has 0 atom stereocenters. The van der Waals surface area contributed by atoms with Gasteiger partial charge in [0.2, 0.25) is 5.91 Å². The third-order valence-corrected chi connectivity index (χ3v) is 5.29. The summed E-state index contributed by atoms with van der Waals surface area (Å²) in [5.41, 5.74) is 2.30. The van der Waals surface area contributed by atoms with Crippen molar-refractivity contribution in [1.29, 1.82) is 0 Å². The maximum Gasteiger partial charge on any atom is 0.287 e. The van der Waals surface area contributed by atoms with Gasteiger partial charge in [0.25, 0.3) is 5.56 Å². The highest BCUT2D eigenvalue weighted by Crippen LogP contribution is 2.18. The summed E-state index contributed by atoms with van der Waals surface area (Å²) in [6.07, 6.45) is 3.11. The highest BCUT2D eigenvalue weighted by atomic mass is 35.5. The number of benzene rings is 2. The summed E-state index contributed by atoms with van der Waals surface area (Å²) in [5.74, 6) is 0.334. The standard InChI is InChI=1S/C21H20ClN3O2S/c1-14(2)15-6-8-17(9-7-15)24-19(26)13-28-20-21(27)25(11-10-23-20)18-5-3-4-16(22)12-18/h3-12,14H,13H2,1-2H3,(H,24,26). The zero-order valence-electron chi connectivity index (χ0n) is 15.6. The van der Waals surface area contributed by atoms with Crippen LogP contribution in [0.1, 0.15) is 25.3 Å². The Labute approximate surface area is 172 Å². The van der Waals surface area contributed by atoms with E-state index >= 15 is 0 Å². The normalized spacial score (nSPS) is 10.9. The van der Waals surface area contributed by atoms with E-state index in [9.17, 15) is 9.59 Å². The molecule has 0 aliphatic heterocycles. The molecule has 0 radical (unpaired) electrons. The SMILES string of the molecule is CC(C)c1ccc(NC(=O)CSc2nccn(-c3cccc(Cl)c3)c2=O)cc1. The molecule has 0 unspecified atom stereocenters. The van der Waals surface area contributed by atoms with Crippen LogP contribution in [0.4, 0.5) is 5.69 Å². The van der Waals surface area contributed by atoms with E-state index in [1.807, 2.05) is 24.3 Å². The topological polar surface area (TPSA) is 64.0 Å². The van der Waals surface area contributed by atoms with Gasteiger partial charge < -0.3 is 5.32 Å². The van der Waals surface area contributed by atoms with Gasteiger partial charge in [0.1, 0.15) is 0 Å². The van der Waals surface area contributed by atoms with Crippen LogP contribution in [0.2, 0.25) is 5.02 Å². The first-order chi connectivity index (χ1) is 13.4. The lowest BCUT2D eigenvalue weighted by Gasteiger charge is -2.09. The molecule has 0 spiro atoms. The molecule has 28 heavy (non-hydrogen) atoms. The van der Waals surface area contributed by atoms with E-state index in [4.69, 9.17) is 11.6 Å². The molecule has 5 nitrogen and oxygen atoms in total. The summed E-state index contributed by atoms with van der Waals surface area (Å²) < 4.78 is 1.46. The van der Waals surface area contributed by atoms with Crippen LogP contribution >= 0.6 is 23.4 Å². The van der Waals surface area contributed by atoms with E-state index in [1.54, 1.807) is 30.5 Å². The molecule has 144 valence electrons. The summed E-state index contributed by atoms with van der Waals surface area (Å²) in [5, 5.41) is 3.63. The van der Waals surface area contributed by atoms with Crippen molar-refractivity contribution < 1.29 is 4.79 Å². The Morgan fingerprint density at radius 1 is 1.21 bits per heavy atom. The van der Waals surface area contributed by atoms with Crippen molar-refractivity contribution in [3.05, 3.63) is 81.9 Å². The number of nitrogens with zero attached hydrogens (tertiary/aromatic N) is 2. The lowest BCUT2D eigenvalue weighted by Crippen LogP contribution is -2.22. The molecule has 0 fully saturated rings. The fourth-order valence-corrected chi connectivity index (χ4v) is 3.49. The molecule has 2 aromatic carbocycles. The highest BCUT2D eigenvalue weighted by molar-refractivity contribution is 7.99. The van der Waals surface area contributed by atoms with Crippen LogP contribution in [0.5, 0.6) is 0 Å². The number of rotatable bonds is 6. The van der Waals surface area contributed by atoms with Gasteiger partial charge in [-0.1, -0.05) is 55.4 Å². The van der Waals surface area contributed by atoms with Gasteiger partial charge in [-0.25, -0.2) is 4.98 Å². The second-order valence-electron chi connectivity index (χ2n) is 6.50. The Kier molecular flexibility index (Phi) is 6.54. The summed E-state index contributed by atoms with van der Waals surface area (Å²) in [7, 11) is 0. The average Bonchev–Trinajstić information content (AvgIpc) is 2.67. The lowest BCUT2D eigenvalue weighted by atomic mass is 10.0. The Morgan fingerprint density at radius 2 is 1.96 bits per heavy atom. The number of aromatic nitrogens is 2. The number of carbonyl (C=O) groups excluding carboxylic acids is 1. The monoisotopic (exact) mass is 413 g/mol. The van der Waals surface area contributed by atoms with Crippen LogP contribution in [0.15, 0.2) is 70.7 Å². The molecule has 1 N–H and O–H groups in total. The minimum Gasteiger partial charge on any atom is -0.325 e. The van der Waals surface area contributed by atoms with Crippen LogP contribution < -0.4 is 10.9 Å². The number of halogens is 1. The second-order valence-corrected chi connectivity index (χ2v) is 7.90. The molecule has 0 saturated carbocycles. The van der Waals surface area contributed by atoms with Gasteiger partial charge in [0, 0.05) is 23.1 Å². The van der Waals surface area contributed by atoms with Gasteiger partial charge in [-0.15, -0.1) is 0 Å². The van der Waals surface area contributed by atoms with Crippen LogP contribution in [0.3, 0.4) is 0 Å². The molecule has 0 aliphatic rings. The van der Waals surface area contributed by atoms with Crippen LogP contribution in [-0.4, -0.2) is 21.2 Å². The molecule has 0 saturated heterocycles. The first-order valence-electron chi connectivity index (χ1n) is 8.80. The maximum absolute atomic E-state index is 12.7. The number of amides is 1. The quantitative estimate of drug-likeness (QED) is 0.593. The maximum atomic E-state index is 12.7. The third kappa shape index (κ3) is 5.03. The molecule has 3 rings (SSSR count). The van der Waals surface area contributed by atoms with Crippen LogP contribution in [-0.2, 0) is 4.79 Å². The van der Waals surface area contributed by atoms with Gasteiger partial charge in [0.15, 0.2) is 5.03 Å². The van der Waals surface area contributed by atoms with Crippen molar-refractivity contribution >= 4 is 35.0 Å². The van der Waals surface area contributed by atoms with Gasteiger partial charge in [0.05, 0.1) is 11.4 Å².